The number of pyridine rings is 2. The van der Waals surface area contributed by atoms with Crippen molar-refractivity contribution < 1.29 is 9.90 Å². The van der Waals surface area contributed by atoms with E-state index in [1.54, 1.807) is 12.4 Å². The first kappa shape index (κ1) is 16.7. The summed E-state index contributed by atoms with van der Waals surface area (Å²) in [6, 6.07) is 13.3. The van der Waals surface area contributed by atoms with Gasteiger partial charge in [-0.2, -0.15) is 0 Å². The van der Waals surface area contributed by atoms with Crippen molar-refractivity contribution >= 4 is 16.8 Å². The molecule has 4 rings (SSSR count). The van der Waals surface area contributed by atoms with Crippen LogP contribution in [0.2, 0.25) is 0 Å². The van der Waals surface area contributed by atoms with Crippen LogP contribution in [0.1, 0.15) is 29.6 Å². The summed E-state index contributed by atoms with van der Waals surface area (Å²) in [5.41, 5.74) is 3.08. The van der Waals surface area contributed by atoms with Gasteiger partial charge in [-0.05, 0) is 49.4 Å². The first-order valence-corrected chi connectivity index (χ1v) is 8.98. The Morgan fingerprint density at radius 3 is 2.69 bits per heavy atom. The molecule has 1 saturated carbocycles. The fraction of sp³-hybridized carbons (Fsp3) is 0.286. The molecule has 1 atom stereocenters. The number of fused-ring (bicyclic) bond motifs is 1. The highest BCUT2D eigenvalue weighted by atomic mass is 16.3. The zero-order valence-electron chi connectivity index (χ0n) is 14.4. The smallest absolute Gasteiger partial charge is 0.252 e. The molecule has 0 spiro atoms. The molecule has 5 nitrogen and oxygen atoms in total. The molecule has 1 aliphatic rings. The predicted octanol–water partition coefficient (Wildman–Crippen LogP) is 3.19. The molecule has 132 valence electrons. The van der Waals surface area contributed by atoms with Gasteiger partial charge in [0.15, 0.2) is 0 Å². The van der Waals surface area contributed by atoms with Crippen LogP contribution in [0.3, 0.4) is 0 Å². The van der Waals surface area contributed by atoms with Crippen LogP contribution < -0.4 is 5.32 Å². The molecule has 26 heavy (non-hydrogen) atoms. The SMILES string of the molecule is O=C(NC(CCO)C1CC1)c1cc(-c2ccncc2)nc2ccccc12. The summed E-state index contributed by atoms with van der Waals surface area (Å²) in [6.07, 6.45) is 6.26. The van der Waals surface area contributed by atoms with E-state index in [0.29, 0.717) is 17.9 Å². The van der Waals surface area contributed by atoms with Crippen molar-refractivity contribution in [3.05, 3.63) is 60.4 Å². The fourth-order valence-electron chi connectivity index (χ4n) is 3.34. The van der Waals surface area contributed by atoms with Crippen LogP contribution in [0.15, 0.2) is 54.9 Å². The zero-order valence-corrected chi connectivity index (χ0v) is 14.4. The van der Waals surface area contributed by atoms with Gasteiger partial charge in [0.2, 0.25) is 0 Å². The normalized spacial score (nSPS) is 15.0. The molecule has 1 unspecified atom stereocenters. The quantitative estimate of drug-likeness (QED) is 0.718. The van der Waals surface area contributed by atoms with Gasteiger partial charge < -0.3 is 10.4 Å². The number of nitrogens with zero attached hydrogens (tertiary/aromatic N) is 2. The lowest BCUT2D eigenvalue weighted by atomic mass is 10.0. The van der Waals surface area contributed by atoms with Crippen LogP contribution in [0.4, 0.5) is 0 Å². The molecule has 1 amide bonds. The molecular formula is C21H21N3O2. The Balaban J connectivity index is 1.74. The Hall–Kier alpha value is -2.79. The number of benzene rings is 1. The van der Waals surface area contributed by atoms with Crippen molar-refractivity contribution in [2.45, 2.75) is 25.3 Å². The van der Waals surface area contributed by atoms with Crippen molar-refractivity contribution in [3.8, 4) is 11.3 Å². The number of para-hydroxylation sites is 1. The third-order valence-electron chi connectivity index (χ3n) is 4.88. The van der Waals surface area contributed by atoms with E-state index >= 15 is 0 Å². The topological polar surface area (TPSA) is 75.1 Å². The van der Waals surface area contributed by atoms with Crippen LogP contribution in [0.5, 0.6) is 0 Å². The Bertz CT molecular complexity index is 923. The summed E-state index contributed by atoms with van der Waals surface area (Å²) in [5, 5.41) is 13.3. The van der Waals surface area contributed by atoms with Gasteiger partial charge in [-0.1, -0.05) is 18.2 Å². The lowest BCUT2D eigenvalue weighted by molar-refractivity contribution is 0.0926. The van der Waals surface area contributed by atoms with Crippen molar-refractivity contribution in [1.82, 2.24) is 15.3 Å². The van der Waals surface area contributed by atoms with E-state index in [1.807, 2.05) is 42.5 Å². The van der Waals surface area contributed by atoms with Gasteiger partial charge in [-0.15, -0.1) is 0 Å². The van der Waals surface area contributed by atoms with Crippen LogP contribution >= 0.6 is 0 Å². The second kappa shape index (κ2) is 7.22. The highest BCUT2D eigenvalue weighted by Crippen LogP contribution is 2.34. The molecule has 0 aliphatic heterocycles. The van der Waals surface area contributed by atoms with Crippen LogP contribution in [0, 0.1) is 5.92 Å². The maximum atomic E-state index is 13.0. The van der Waals surface area contributed by atoms with Gasteiger partial charge in [0.05, 0.1) is 16.8 Å². The Morgan fingerprint density at radius 1 is 1.19 bits per heavy atom. The maximum Gasteiger partial charge on any atom is 0.252 e. The Labute approximate surface area is 152 Å². The number of carbonyl (C=O) groups excluding carboxylic acids is 1. The van der Waals surface area contributed by atoms with E-state index in [0.717, 1.165) is 35.0 Å². The van der Waals surface area contributed by atoms with Gasteiger partial charge in [-0.3, -0.25) is 9.78 Å². The molecule has 3 aromatic rings. The van der Waals surface area contributed by atoms with E-state index in [-0.39, 0.29) is 18.6 Å². The molecule has 2 aromatic heterocycles. The van der Waals surface area contributed by atoms with E-state index in [4.69, 9.17) is 4.98 Å². The third-order valence-corrected chi connectivity index (χ3v) is 4.88. The van der Waals surface area contributed by atoms with Gasteiger partial charge in [-0.25, -0.2) is 4.98 Å². The van der Waals surface area contributed by atoms with Gasteiger partial charge in [0.25, 0.3) is 5.91 Å². The molecule has 1 fully saturated rings. The number of rotatable bonds is 6. The maximum absolute atomic E-state index is 13.0. The summed E-state index contributed by atoms with van der Waals surface area (Å²) >= 11 is 0. The molecule has 1 aliphatic carbocycles. The predicted molar refractivity (Wildman–Crippen MR) is 101 cm³/mol. The van der Waals surface area contributed by atoms with E-state index < -0.39 is 0 Å². The summed E-state index contributed by atoms with van der Waals surface area (Å²) in [5.74, 6) is 0.378. The van der Waals surface area contributed by atoms with Crippen molar-refractivity contribution in [2.24, 2.45) is 5.92 Å². The molecule has 0 radical (unpaired) electrons. The number of aliphatic hydroxyl groups excluding tert-OH is 1. The minimum Gasteiger partial charge on any atom is -0.396 e. The van der Waals surface area contributed by atoms with Gasteiger partial charge in [0, 0.05) is 36.0 Å². The number of hydrogen-bond acceptors (Lipinski definition) is 4. The summed E-state index contributed by atoms with van der Waals surface area (Å²) in [4.78, 5) is 21.8. The molecular weight excluding hydrogens is 326 g/mol. The first-order chi connectivity index (χ1) is 12.8. The molecule has 0 bridgehead atoms. The molecule has 1 aromatic carbocycles. The lowest BCUT2D eigenvalue weighted by Crippen LogP contribution is -2.37. The van der Waals surface area contributed by atoms with Crippen molar-refractivity contribution in [3.63, 3.8) is 0 Å². The number of hydrogen-bond donors (Lipinski definition) is 2. The highest BCUT2D eigenvalue weighted by molar-refractivity contribution is 6.07. The lowest BCUT2D eigenvalue weighted by Gasteiger charge is -2.18. The third kappa shape index (κ3) is 3.44. The minimum absolute atomic E-state index is 0.0313. The number of nitrogens with one attached hydrogen (secondary N) is 1. The summed E-state index contributed by atoms with van der Waals surface area (Å²) in [6.45, 7) is 0.0841. The van der Waals surface area contributed by atoms with Crippen LogP contribution in [-0.2, 0) is 0 Å². The monoisotopic (exact) mass is 347 g/mol. The molecule has 2 N–H and O–H groups in total. The molecule has 0 saturated heterocycles. The largest absolute Gasteiger partial charge is 0.396 e. The fourth-order valence-corrected chi connectivity index (χ4v) is 3.34. The molecule has 2 heterocycles. The average Bonchev–Trinajstić information content (AvgIpc) is 3.52. The molecule has 5 heteroatoms. The first-order valence-electron chi connectivity index (χ1n) is 8.98. The second-order valence-corrected chi connectivity index (χ2v) is 6.74. The second-order valence-electron chi connectivity index (χ2n) is 6.74. The summed E-state index contributed by atoms with van der Waals surface area (Å²) < 4.78 is 0. The van der Waals surface area contributed by atoms with Crippen LogP contribution in [-0.4, -0.2) is 33.6 Å². The Morgan fingerprint density at radius 2 is 1.96 bits per heavy atom. The highest BCUT2D eigenvalue weighted by Gasteiger charge is 2.32. The van der Waals surface area contributed by atoms with Crippen molar-refractivity contribution in [1.29, 1.82) is 0 Å². The standard InChI is InChI=1S/C21H21N3O2/c25-12-9-18(14-5-6-14)24-21(26)17-13-20(15-7-10-22-11-8-15)23-19-4-2-1-3-16(17)19/h1-4,7-8,10-11,13-14,18,25H,5-6,9,12H2,(H,24,26). The van der Waals surface area contributed by atoms with Crippen LogP contribution in [0.25, 0.3) is 22.2 Å². The number of carbonyl (C=O) groups is 1. The van der Waals surface area contributed by atoms with E-state index in [1.165, 1.54) is 0 Å². The minimum atomic E-state index is -0.107. The van der Waals surface area contributed by atoms with Gasteiger partial charge in [0.1, 0.15) is 0 Å². The zero-order chi connectivity index (χ0) is 17.9. The Kier molecular flexibility index (Phi) is 4.63. The number of aliphatic hydroxyl groups is 1. The van der Waals surface area contributed by atoms with Crippen molar-refractivity contribution in [2.75, 3.05) is 6.61 Å². The van der Waals surface area contributed by atoms with E-state index in [2.05, 4.69) is 10.3 Å². The number of aromatic nitrogens is 2. The van der Waals surface area contributed by atoms with Gasteiger partial charge >= 0.3 is 0 Å². The summed E-state index contributed by atoms with van der Waals surface area (Å²) in [7, 11) is 0. The van der Waals surface area contributed by atoms with E-state index in [9.17, 15) is 9.90 Å². The number of amides is 1. The average molecular weight is 347 g/mol.